The fourth-order valence-corrected chi connectivity index (χ4v) is 5.42. The third-order valence-corrected chi connectivity index (χ3v) is 5.97. The number of carboxylic acids is 1. The highest BCUT2D eigenvalue weighted by Crippen LogP contribution is 2.56. The maximum absolute atomic E-state index is 10.9. The third-order valence-electron chi connectivity index (χ3n) is 5.97. The maximum atomic E-state index is 10.9. The molecular formula is C19H24N2O3. The summed E-state index contributed by atoms with van der Waals surface area (Å²) < 4.78 is 6.31. The van der Waals surface area contributed by atoms with Gasteiger partial charge in [0.1, 0.15) is 5.60 Å². The van der Waals surface area contributed by atoms with Gasteiger partial charge in [0.25, 0.3) is 0 Å². The van der Waals surface area contributed by atoms with Gasteiger partial charge in [0.15, 0.2) is 0 Å². The molecule has 4 saturated carbocycles. The molecule has 5 heteroatoms. The first kappa shape index (κ1) is 15.6. The molecule has 4 aliphatic carbocycles. The van der Waals surface area contributed by atoms with Crippen LogP contribution in [0.3, 0.4) is 0 Å². The van der Waals surface area contributed by atoms with Crippen molar-refractivity contribution in [1.29, 1.82) is 0 Å². The van der Waals surface area contributed by atoms with Crippen molar-refractivity contribution < 1.29 is 14.6 Å². The van der Waals surface area contributed by atoms with Crippen LogP contribution in [0, 0.1) is 17.8 Å². The van der Waals surface area contributed by atoms with E-state index in [1.54, 1.807) is 12.4 Å². The van der Waals surface area contributed by atoms with Crippen LogP contribution in [0.2, 0.25) is 0 Å². The number of ether oxygens (including phenoxy) is 1. The van der Waals surface area contributed by atoms with Gasteiger partial charge in [-0.05, 0) is 68.3 Å². The van der Waals surface area contributed by atoms with Gasteiger partial charge in [-0.1, -0.05) is 6.92 Å². The Kier molecular flexibility index (Phi) is 3.82. The second-order valence-corrected chi connectivity index (χ2v) is 7.82. The summed E-state index contributed by atoms with van der Waals surface area (Å²) in [7, 11) is 0. The Morgan fingerprint density at radius 2 is 1.75 bits per heavy atom. The van der Waals surface area contributed by atoms with E-state index in [-0.39, 0.29) is 5.60 Å². The molecule has 0 spiro atoms. The lowest BCUT2D eigenvalue weighted by Crippen LogP contribution is -2.53. The fraction of sp³-hybridized carbons (Fsp3) is 0.632. The van der Waals surface area contributed by atoms with Crippen LogP contribution in [-0.4, -0.2) is 26.6 Å². The molecule has 4 bridgehead atoms. The van der Waals surface area contributed by atoms with E-state index in [0.717, 1.165) is 48.2 Å². The van der Waals surface area contributed by atoms with Crippen LogP contribution in [0.1, 0.15) is 57.4 Å². The van der Waals surface area contributed by atoms with E-state index in [1.807, 2.05) is 6.92 Å². The average Bonchev–Trinajstić information content (AvgIpc) is 2.51. The molecular weight excluding hydrogens is 304 g/mol. The Hall–Kier alpha value is -1.91. The normalized spacial score (nSPS) is 34.4. The maximum Gasteiger partial charge on any atom is 0.328 e. The molecule has 128 valence electrons. The van der Waals surface area contributed by atoms with Gasteiger partial charge >= 0.3 is 12.0 Å². The summed E-state index contributed by atoms with van der Waals surface area (Å²) in [6.07, 6.45) is 12.8. The van der Waals surface area contributed by atoms with Crippen LogP contribution in [0.25, 0.3) is 5.57 Å². The Balaban J connectivity index is 1.51. The van der Waals surface area contributed by atoms with Crippen molar-refractivity contribution in [3.05, 3.63) is 24.0 Å². The predicted molar refractivity (Wildman–Crippen MR) is 89.5 cm³/mol. The zero-order valence-electron chi connectivity index (χ0n) is 14.1. The van der Waals surface area contributed by atoms with E-state index in [4.69, 9.17) is 9.84 Å². The van der Waals surface area contributed by atoms with Gasteiger partial charge in [-0.3, -0.25) is 0 Å². The largest absolute Gasteiger partial charge is 0.478 e. The minimum atomic E-state index is -0.944. The van der Waals surface area contributed by atoms with E-state index in [9.17, 15) is 4.79 Å². The van der Waals surface area contributed by atoms with Crippen molar-refractivity contribution in [2.24, 2.45) is 17.8 Å². The van der Waals surface area contributed by atoms with E-state index in [1.165, 1.54) is 25.3 Å². The molecule has 0 saturated heterocycles. The zero-order chi connectivity index (χ0) is 16.7. The molecule has 5 nitrogen and oxygen atoms in total. The van der Waals surface area contributed by atoms with Crippen molar-refractivity contribution in [3.63, 3.8) is 0 Å². The van der Waals surface area contributed by atoms with Gasteiger partial charge in [0.2, 0.25) is 0 Å². The third kappa shape index (κ3) is 2.92. The summed E-state index contributed by atoms with van der Waals surface area (Å²) in [6.45, 7) is 1.93. The van der Waals surface area contributed by atoms with E-state index >= 15 is 0 Å². The van der Waals surface area contributed by atoms with Crippen LogP contribution in [-0.2, 0) is 4.79 Å². The zero-order valence-corrected chi connectivity index (χ0v) is 14.1. The molecule has 0 amide bonds. The number of carbonyl (C=O) groups is 1. The molecule has 1 heterocycles. The fourth-order valence-electron chi connectivity index (χ4n) is 5.42. The number of allylic oxidation sites excluding steroid dienone is 1. The van der Waals surface area contributed by atoms with Crippen LogP contribution in [0.5, 0.6) is 6.01 Å². The first-order valence-corrected chi connectivity index (χ1v) is 9.00. The number of hydrogen-bond acceptors (Lipinski definition) is 4. The summed E-state index contributed by atoms with van der Waals surface area (Å²) in [5.41, 5.74) is 1.42. The predicted octanol–water partition coefficient (Wildman–Crippen LogP) is 3.70. The molecule has 4 aliphatic rings. The van der Waals surface area contributed by atoms with E-state index in [2.05, 4.69) is 9.97 Å². The van der Waals surface area contributed by atoms with Crippen LogP contribution in [0.4, 0.5) is 0 Å². The van der Waals surface area contributed by atoms with Crippen LogP contribution in [0.15, 0.2) is 18.5 Å². The lowest BCUT2D eigenvalue weighted by Gasteiger charge is -2.55. The summed E-state index contributed by atoms with van der Waals surface area (Å²) in [5, 5.41) is 8.93. The monoisotopic (exact) mass is 328 g/mol. The van der Waals surface area contributed by atoms with Gasteiger partial charge in [0.05, 0.1) is 0 Å². The van der Waals surface area contributed by atoms with Gasteiger partial charge in [-0.2, -0.15) is 0 Å². The highest BCUT2D eigenvalue weighted by atomic mass is 16.5. The minimum absolute atomic E-state index is 0.0548. The van der Waals surface area contributed by atoms with Crippen molar-refractivity contribution in [2.75, 3.05) is 0 Å². The number of aromatic nitrogens is 2. The Morgan fingerprint density at radius 1 is 1.21 bits per heavy atom. The van der Waals surface area contributed by atoms with Gasteiger partial charge < -0.3 is 9.84 Å². The quantitative estimate of drug-likeness (QED) is 0.834. The highest BCUT2D eigenvalue weighted by molar-refractivity contribution is 5.89. The molecule has 4 fully saturated rings. The molecule has 1 N–H and O–H groups in total. The molecule has 0 unspecified atom stereocenters. The molecule has 0 atom stereocenters. The first-order valence-electron chi connectivity index (χ1n) is 9.00. The second-order valence-electron chi connectivity index (χ2n) is 7.82. The number of rotatable bonds is 5. The Morgan fingerprint density at radius 3 is 2.21 bits per heavy atom. The molecule has 0 aromatic carbocycles. The SMILES string of the molecule is CC/C(=C\C(=O)O)c1cnc(OC23CC4CC(CC(C4)C2)C3)nc1. The standard InChI is InChI=1S/C19H24N2O3/c1-2-15(6-17(22)23)16-10-20-18(21-11-16)24-19-7-12-3-13(8-19)5-14(4-12)9-19/h6,10-14H,2-5,7-9H2,1H3,(H,22,23)/b15-6+. The highest BCUT2D eigenvalue weighted by Gasteiger charge is 2.52. The Labute approximate surface area is 142 Å². The summed E-state index contributed by atoms with van der Waals surface area (Å²) in [5.74, 6) is 1.52. The minimum Gasteiger partial charge on any atom is -0.478 e. The lowest BCUT2D eigenvalue weighted by molar-refractivity contribution is -0.131. The summed E-state index contributed by atoms with van der Waals surface area (Å²) in [4.78, 5) is 19.6. The molecule has 1 aromatic heterocycles. The second kappa shape index (κ2) is 5.87. The molecule has 5 rings (SSSR count). The van der Waals surface area contributed by atoms with E-state index in [0.29, 0.717) is 12.4 Å². The van der Waals surface area contributed by atoms with Gasteiger partial charge in [0, 0.05) is 24.0 Å². The smallest absolute Gasteiger partial charge is 0.328 e. The van der Waals surface area contributed by atoms with Crippen molar-refractivity contribution in [1.82, 2.24) is 9.97 Å². The molecule has 0 aliphatic heterocycles. The van der Waals surface area contributed by atoms with Crippen molar-refractivity contribution >= 4 is 11.5 Å². The summed E-state index contributed by atoms with van der Waals surface area (Å²) >= 11 is 0. The summed E-state index contributed by atoms with van der Waals surface area (Å²) in [6, 6.07) is 0.437. The number of carboxylic acid groups (broad SMARTS) is 1. The average molecular weight is 328 g/mol. The van der Waals surface area contributed by atoms with Crippen molar-refractivity contribution in [3.8, 4) is 6.01 Å². The molecule has 24 heavy (non-hydrogen) atoms. The van der Waals surface area contributed by atoms with Gasteiger partial charge in [-0.15, -0.1) is 0 Å². The molecule has 0 radical (unpaired) electrons. The van der Waals surface area contributed by atoms with Crippen LogP contribution < -0.4 is 4.74 Å². The number of hydrogen-bond donors (Lipinski definition) is 1. The Bertz CT molecular complexity index is 630. The molecule has 1 aromatic rings. The van der Waals surface area contributed by atoms with Gasteiger partial charge in [-0.25, -0.2) is 14.8 Å². The van der Waals surface area contributed by atoms with Crippen LogP contribution >= 0.6 is 0 Å². The lowest BCUT2D eigenvalue weighted by atomic mass is 9.54. The topological polar surface area (TPSA) is 72.3 Å². The van der Waals surface area contributed by atoms with Crippen molar-refractivity contribution in [2.45, 2.75) is 57.5 Å². The first-order chi connectivity index (χ1) is 11.5. The number of nitrogens with zero attached hydrogens (tertiary/aromatic N) is 2. The van der Waals surface area contributed by atoms with E-state index < -0.39 is 5.97 Å². The number of aliphatic carboxylic acids is 1.